The van der Waals surface area contributed by atoms with Crippen molar-refractivity contribution in [3.05, 3.63) is 156 Å². The smallest absolute Gasteiger partial charge is 0.221 e. The molecule has 1 aliphatic rings. The maximum Gasteiger partial charge on any atom is 0.221 e. The van der Waals surface area contributed by atoms with Crippen LogP contribution in [0.4, 0.5) is 0 Å². The van der Waals surface area contributed by atoms with Gasteiger partial charge < -0.3 is 4.74 Å². The molecule has 0 N–H and O–H groups in total. The Hall–Kier alpha value is -4.95. The first-order chi connectivity index (χ1) is 18.6. The first kappa shape index (κ1) is 23.4. The highest BCUT2D eigenvalue weighted by atomic mass is 16.5. The average Bonchev–Trinajstić information content (AvgIpc) is 2.98. The standard InChI is InChI=1S/C36H26O2/c1-3-25-13-17-29(18-14-25)35-31-11-7-5-9-27(31)19-23-33(35)38-36(30-21-15-26(4-2)16-22-30)32-12-8-6-10-28(32)20-24-34(36)37/h3-24H,1-2H2. The summed E-state index contributed by atoms with van der Waals surface area (Å²) in [6.07, 6.45) is 7.12. The second kappa shape index (κ2) is 9.49. The largest absolute Gasteiger partial charge is 0.469 e. The van der Waals surface area contributed by atoms with Crippen molar-refractivity contribution in [2.75, 3.05) is 0 Å². The van der Waals surface area contributed by atoms with Crippen LogP contribution >= 0.6 is 0 Å². The summed E-state index contributed by atoms with van der Waals surface area (Å²) in [5.41, 5.74) is 5.17. The van der Waals surface area contributed by atoms with Crippen molar-refractivity contribution >= 4 is 34.8 Å². The van der Waals surface area contributed by atoms with E-state index in [4.69, 9.17) is 4.74 Å². The Morgan fingerprint density at radius 3 is 2.05 bits per heavy atom. The van der Waals surface area contributed by atoms with Crippen LogP contribution in [0.5, 0.6) is 5.75 Å². The van der Waals surface area contributed by atoms with E-state index in [1.54, 1.807) is 12.2 Å². The Balaban J connectivity index is 1.63. The maximum absolute atomic E-state index is 14.0. The third-order valence-electron chi connectivity index (χ3n) is 7.24. The van der Waals surface area contributed by atoms with Crippen LogP contribution in [-0.2, 0) is 10.4 Å². The molecule has 182 valence electrons. The van der Waals surface area contributed by atoms with E-state index in [0.29, 0.717) is 5.75 Å². The van der Waals surface area contributed by atoms with Crippen LogP contribution in [0.15, 0.2) is 128 Å². The van der Waals surface area contributed by atoms with E-state index in [1.165, 1.54) is 0 Å². The van der Waals surface area contributed by atoms with Crippen molar-refractivity contribution in [2.24, 2.45) is 0 Å². The molecular formula is C36H26O2. The van der Waals surface area contributed by atoms with E-state index >= 15 is 0 Å². The zero-order chi connectivity index (χ0) is 26.1. The summed E-state index contributed by atoms with van der Waals surface area (Å²) in [7, 11) is 0. The number of benzene rings is 5. The highest BCUT2D eigenvalue weighted by molar-refractivity contribution is 6.07. The molecule has 0 aromatic heterocycles. The van der Waals surface area contributed by atoms with Gasteiger partial charge in [0.25, 0.3) is 0 Å². The predicted molar refractivity (Wildman–Crippen MR) is 158 cm³/mol. The van der Waals surface area contributed by atoms with Crippen LogP contribution in [0.2, 0.25) is 0 Å². The molecule has 2 heteroatoms. The molecule has 5 aromatic carbocycles. The van der Waals surface area contributed by atoms with Crippen molar-refractivity contribution in [1.29, 1.82) is 0 Å². The van der Waals surface area contributed by atoms with Gasteiger partial charge >= 0.3 is 0 Å². The molecule has 0 spiro atoms. The van der Waals surface area contributed by atoms with Crippen LogP contribution in [-0.4, -0.2) is 5.78 Å². The van der Waals surface area contributed by atoms with E-state index in [9.17, 15) is 4.79 Å². The molecule has 38 heavy (non-hydrogen) atoms. The molecule has 0 fully saturated rings. The maximum atomic E-state index is 14.0. The Labute approximate surface area is 222 Å². The second-order valence-electron chi connectivity index (χ2n) is 9.38. The molecular weight excluding hydrogens is 464 g/mol. The lowest BCUT2D eigenvalue weighted by Crippen LogP contribution is -2.44. The van der Waals surface area contributed by atoms with Gasteiger partial charge in [0, 0.05) is 16.7 Å². The quantitative estimate of drug-likeness (QED) is 0.238. The SMILES string of the molecule is C=Cc1ccc(-c2c(OC3(c4ccc(C=C)cc4)C(=O)C=Cc4ccccc43)ccc3ccccc23)cc1. The summed E-state index contributed by atoms with van der Waals surface area (Å²) in [6, 6.07) is 36.3. The molecule has 1 aliphatic carbocycles. The summed E-state index contributed by atoms with van der Waals surface area (Å²) >= 11 is 0. The summed E-state index contributed by atoms with van der Waals surface area (Å²) in [5.74, 6) is 0.518. The Morgan fingerprint density at radius 1 is 0.658 bits per heavy atom. The number of carbonyl (C=O) groups excluding carboxylic acids is 1. The number of ether oxygens (including phenoxy) is 1. The molecule has 0 amide bonds. The first-order valence-corrected chi connectivity index (χ1v) is 12.6. The summed E-state index contributed by atoms with van der Waals surface area (Å²) in [5, 5.41) is 2.16. The predicted octanol–water partition coefficient (Wildman–Crippen LogP) is 8.71. The number of fused-ring (bicyclic) bond motifs is 2. The lowest BCUT2D eigenvalue weighted by molar-refractivity contribution is -0.127. The average molecular weight is 491 g/mol. The third-order valence-corrected chi connectivity index (χ3v) is 7.24. The normalized spacial score (nSPS) is 16.2. The van der Waals surface area contributed by atoms with E-state index in [2.05, 4.69) is 43.5 Å². The van der Waals surface area contributed by atoms with E-state index in [0.717, 1.165) is 49.7 Å². The fourth-order valence-electron chi connectivity index (χ4n) is 5.28. The summed E-state index contributed by atoms with van der Waals surface area (Å²) < 4.78 is 7.04. The zero-order valence-electron chi connectivity index (χ0n) is 20.9. The fraction of sp³-hybridized carbons (Fsp3) is 0.0278. The molecule has 5 aromatic rings. The monoisotopic (exact) mass is 490 g/mol. The van der Waals surface area contributed by atoms with Gasteiger partial charge in [-0.15, -0.1) is 0 Å². The highest BCUT2D eigenvalue weighted by Crippen LogP contribution is 2.45. The minimum Gasteiger partial charge on any atom is -0.469 e. The van der Waals surface area contributed by atoms with E-state index < -0.39 is 5.60 Å². The molecule has 0 heterocycles. The number of rotatable bonds is 6. The minimum absolute atomic E-state index is 0.122. The molecule has 6 rings (SSSR count). The molecule has 0 radical (unpaired) electrons. The van der Waals surface area contributed by atoms with E-state index in [1.807, 2.05) is 91.0 Å². The molecule has 1 unspecified atom stereocenters. The second-order valence-corrected chi connectivity index (χ2v) is 9.38. The summed E-state index contributed by atoms with van der Waals surface area (Å²) in [6.45, 7) is 7.77. The van der Waals surface area contributed by atoms with Gasteiger partial charge in [-0.25, -0.2) is 0 Å². The molecule has 2 nitrogen and oxygen atoms in total. The van der Waals surface area contributed by atoms with Crippen LogP contribution < -0.4 is 4.74 Å². The lowest BCUT2D eigenvalue weighted by atomic mass is 9.76. The first-order valence-electron chi connectivity index (χ1n) is 12.6. The van der Waals surface area contributed by atoms with Crippen LogP contribution in [0, 0.1) is 0 Å². The van der Waals surface area contributed by atoms with Crippen molar-refractivity contribution in [1.82, 2.24) is 0 Å². The number of carbonyl (C=O) groups is 1. The third kappa shape index (κ3) is 3.79. The van der Waals surface area contributed by atoms with Crippen LogP contribution in [0.1, 0.15) is 27.8 Å². The number of hydrogen-bond acceptors (Lipinski definition) is 2. The van der Waals surface area contributed by atoms with Gasteiger partial charge in [0.1, 0.15) is 5.75 Å². The molecule has 0 saturated heterocycles. The lowest BCUT2D eigenvalue weighted by Gasteiger charge is -2.37. The van der Waals surface area contributed by atoms with Crippen molar-refractivity contribution < 1.29 is 9.53 Å². The molecule has 0 aliphatic heterocycles. The Bertz CT molecular complexity index is 1720. The topological polar surface area (TPSA) is 26.3 Å². The molecule has 1 atom stereocenters. The van der Waals surface area contributed by atoms with Crippen LogP contribution in [0.3, 0.4) is 0 Å². The Morgan fingerprint density at radius 2 is 1.32 bits per heavy atom. The summed E-state index contributed by atoms with van der Waals surface area (Å²) in [4.78, 5) is 14.0. The van der Waals surface area contributed by atoms with Gasteiger partial charge in [-0.2, -0.15) is 0 Å². The fourth-order valence-corrected chi connectivity index (χ4v) is 5.28. The van der Waals surface area contributed by atoms with E-state index in [-0.39, 0.29) is 5.78 Å². The van der Waals surface area contributed by atoms with Crippen molar-refractivity contribution in [3.8, 4) is 16.9 Å². The molecule has 0 bridgehead atoms. The Kier molecular flexibility index (Phi) is 5.86. The number of hydrogen-bond donors (Lipinski definition) is 0. The minimum atomic E-state index is -1.34. The van der Waals surface area contributed by atoms with Crippen LogP contribution in [0.25, 0.3) is 40.1 Å². The van der Waals surface area contributed by atoms with Gasteiger partial charge in [0.05, 0.1) is 0 Å². The highest BCUT2D eigenvalue weighted by Gasteiger charge is 2.46. The molecule has 0 saturated carbocycles. The van der Waals surface area contributed by atoms with Crippen molar-refractivity contribution in [3.63, 3.8) is 0 Å². The van der Waals surface area contributed by atoms with Gasteiger partial charge in [-0.05, 0) is 45.2 Å². The van der Waals surface area contributed by atoms with Gasteiger partial charge in [-0.1, -0.05) is 135 Å². The van der Waals surface area contributed by atoms with Gasteiger partial charge in [0.15, 0.2) is 0 Å². The van der Waals surface area contributed by atoms with Crippen molar-refractivity contribution in [2.45, 2.75) is 5.60 Å². The number of ketones is 1. The zero-order valence-corrected chi connectivity index (χ0v) is 20.9. The van der Waals surface area contributed by atoms with Gasteiger partial charge in [0.2, 0.25) is 11.4 Å². The van der Waals surface area contributed by atoms with Gasteiger partial charge in [-0.3, -0.25) is 4.79 Å².